The van der Waals surface area contributed by atoms with Crippen molar-refractivity contribution >= 4 is 17.9 Å². The lowest BCUT2D eigenvalue weighted by Crippen LogP contribution is -2.46. The number of fused-ring (bicyclic) bond motifs is 1. The Kier molecular flexibility index (Phi) is 3.90. The molecule has 21 heavy (non-hydrogen) atoms. The van der Waals surface area contributed by atoms with E-state index < -0.39 is 6.04 Å². The average molecular weight is 286 g/mol. The van der Waals surface area contributed by atoms with Crippen molar-refractivity contribution < 1.29 is 14.3 Å². The van der Waals surface area contributed by atoms with Gasteiger partial charge in [-0.15, -0.1) is 0 Å². The Balaban J connectivity index is 1.71. The highest BCUT2D eigenvalue weighted by atomic mass is 16.5. The molecule has 0 bridgehead atoms. The van der Waals surface area contributed by atoms with Gasteiger partial charge in [0.15, 0.2) is 0 Å². The molecule has 5 nitrogen and oxygen atoms in total. The number of nitrogens with one attached hydrogen (secondary N) is 2. The van der Waals surface area contributed by atoms with Gasteiger partial charge in [-0.25, -0.2) is 0 Å². The number of carbonyl (C=O) groups is 2. The third-order valence-corrected chi connectivity index (χ3v) is 3.76. The van der Waals surface area contributed by atoms with E-state index in [1.165, 1.54) is 0 Å². The lowest BCUT2D eigenvalue weighted by Gasteiger charge is -2.20. The Hall–Kier alpha value is -2.30. The SMILES string of the molecule is O=C(N[C@H]1CCCCNC1=O)C1=Cc2ccccc2OC1. The molecule has 2 aliphatic rings. The summed E-state index contributed by atoms with van der Waals surface area (Å²) in [5.74, 6) is 0.450. The summed E-state index contributed by atoms with van der Waals surface area (Å²) in [6, 6.07) is 7.13. The molecule has 0 unspecified atom stereocenters. The van der Waals surface area contributed by atoms with Crippen molar-refractivity contribution in [2.75, 3.05) is 13.2 Å². The van der Waals surface area contributed by atoms with Crippen LogP contribution in [0.1, 0.15) is 24.8 Å². The number of para-hydroxylation sites is 1. The van der Waals surface area contributed by atoms with Crippen LogP contribution in [0, 0.1) is 0 Å². The van der Waals surface area contributed by atoms with E-state index in [-0.39, 0.29) is 18.4 Å². The molecule has 0 radical (unpaired) electrons. The summed E-state index contributed by atoms with van der Waals surface area (Å²) in [6.07, 6.45) is 4.39. The molecule has 0 aliphatic carbocycles. The fraction of sp³-hybridized carbons (Fsp3) is 0.375. The van der Waals surface area contributed by atoms with Crippen LogP contribution in [-0.4, -0.2) is 31.0 Å². The zero-order chi connectivity index (χ0) is 14.7. The molecule has 2 N–H and O–H groups in total. The minimum absolute atomic E-state index is 0.0985. The van der Waals surface area contributed by atoms with Crippen LogP contribution in [0.2, 0.25) is 0 Å². The van der Waals surface area contributed by atoms with Crippen LogP contribution in [0.15, 0.2) is 29.8 Å². The van der Waals surface area contributed by atoms with Gasteiger partial charge in [-0.05, 0) is 31.4 Å². The highest BCUT2D eigenvalue weighted by Gasteiger charge is 2.25. The first-order chi connectivity index (χ1) is 10.2. The molecule has 110 valence electrons. The van der Waals surface area contributed by atoms with E-state index in [4.69, 9.17) is 4.74 Å². The van der Waals surface area contributed by atoms with E-state index >= 15 is 0 Å². The first-order valence-corrected chi connectivity index (χ1v) is 7.25. The second-order valence-electron chi connectivity index (χ2n) is 5.31. The van der Waals surface area contributed by atoms with Crippen LogP contribution in [0.3, 0.4) is 0 Å². The second kappa shape index (κ2) is 5.99. The summed E-state index contributed by atoms with van der Waals surface area (Å²) in [7, 11) is 0. The van der Waals surface area contributed by atoms with Crippen molar-refractivity contribution in [3.63, 3.8) is 0 Å². The molecule has 1 atom stereocenters. The number of carbonyl (C=O) groups excluding carboxylic acids is 2. The number of hydrogen-bond acceptors (Lipinski definition) is 3. The summed E-state index contributed by atoms with van der Waals surface area (Å²) in [4.78, 5) is 24.1. The molecule has 1 saturated heterocycles. The summed E-state index contributed by atoms with van der Waals surface area (Å²) in [5, 5.41) is 5.62. The maximum atomic E-state index is 12.3. The number of hydrogen-bond donors (Lipinski definition) is 2. The Morgan fingerprint density at radius 1 is 1.29 bits per heavy atom. The molecule has 2 aliphatic heterocycles. The summed E-state index contributed by atoms with van der Waals surface area (Å²) in [6.45, 7) is 0.918. The maximum absolute atomic E-state index is 12.3. The standard InChI is InChI=1S/C16H18N2O3/c19-15(18-13-6-3-4-8-17-16(13)20)12-9-11-5-1-2-7-14(11)21-10-12/h1-2,5,7,9,13H,3-4,6,8,10H2,(H,17,20)(H,18,19)/t13-/m0/s1. The highest BCUT2D eigenvalue weighted by Crippen LogP contribution is 2.25. The molecule has 1 aromatic rings. The monoisotopic (exact) mass is 286 g/mol. The number of rotatable bonds is 2. The Bertz CT molecular complexity index is 595. The molecular formula is C16H18N2O3. The average Bonchev–Trinajstić information content (AvgIpc) is 2.72. The zero-order valence-corrected chi connectivity index (χ0v) is 11.7. The van der Waals surface area contributed by atoms with Gasteiger partial charge in [0.1, 0.15) is 18.4 Å². The van der Waals surface area contributed by atoms with Crippen molar-refractivity contribution in [2.24, 2.45) is 0 Å². The van der Waals surface area contributed by atoms with Gasteiger partial charge in [0.2, 0.25) is 5.91 Å². The van der Waals surface area contributed by atoms with Gasteiger partial charge in [-0.2, -0.15) is 0 Å². The van der Waals surface area contributed by atoms with Crippen LogP contribution >= 0.6 is 0 Å². The fourth-order valence-corrected chi connectivity index (χ4v) is 2.58. The van der Waals surface area contributed by atoms with Gasteiger partial charge < -0.3 is 15.4 Å². The third-order valence-electron chi connectivity index (χ3n) is 3.76. The van der Waals surface area contributed by atoms with E-state index in [9.17, 15) is 9.59 Å². The van der Waals surface area contributed by atoms with Crippen molar-refractivity contribution in [3.8, 4) is 5.75 Å². The molecule has 2 heterocycles. The van der Waals surface area contributed by atoms with Crippen LogP contribution in [0.5, 0.6) is 5.75 Å². The normalized spacial score (nSPS) is 21.2. The fourth-order valence-electron chi connectivity index (χ4n) is 2.58. The summed E-state index contributed by atoms with van der Waals surface area (Å²) < 4.78 is 5.57. The van der Waals surface area contributed by atoms with Gasteiger partial charge in [-0.3, -0.25) is 9.59 Å². The topological polar surface area (TPSA) is 67.4 Å². The van der Waals surface area contributed by atoms with E-state index in [0.29, 0.717) is 18.5 Å². The molecule has 1 aromatic carbocycles. The first-order valence-electron chi connectivity index (χ1n) is 7.25. The zero-order valence-electron chi connectivity index (χ0n) is 11.7. The van der Waals surface area contributed by atoms with Gasteiger partial charge in [-0.1, -0.05) is 18.2 Å². The summed E-state index contributed by atoms with van der Waals surface area (Å²) >= 11 is 0. The van der Waals surface area contributed by atoms with Gasteiger partial charge in [0.05, 0.1) is 5.57 Å². The van der Waals surface area contributed by atoms with Gasteiger partial charge in [0.25, 0.3) is 5.91 Å². The van der Waals surface area contributed by atoms with Crippen LogP contribution in [-0.2, 0) is 9.59 Å². The lowest BCUT2D eigenvalue weighted by atomic mass is 10.1. The minimum atomic E-state index is -0.446. The highest BCUT2D eigenvalue weighted by molar-refractivity contribution is 6.01. The molecular weight excluding hydrogens is 268 g/mol. The van der Waals surface area contributed by atoms with Crippen LogP contribution in [0.25, 0.3) is 6.08 Å². The molecule has 0 saturated carbocycles. The number of ether oxygens (including phenoxy) is 1. The van der Waals surface area contributed by atoms with Gasteiger partial charge in [0, 0.05) is 12.1 Å². The van der Waals surface area contributed by atoms with E-state index in [1.807, 2.05) is 30.3 Å². The second-order valence-corrected chi connectivity index (χ2v) is 5.31. The molecule has 2 amide bonds. The van der Waals surface area contributed by atoms with Crippen LogP contribution < -0.4 is 15.4 Å². The molecule has 5 heteroatoms. The Morgan fingerprint density at radius 3 is 3.05 bits per heavy atom. The van der Waals surface area contributed by atoms with Crippen molar-refractivity contribution in [3.05, 3.63) is 35.4 Å². The molecule has 0 aromatic heterocycles. The number of benzene rings is 1. The van der Waals surface area contributed by atoms with Crippen molar-refractivity contribution in [1.29, 1.82) is 0 Å². The summed E-state index contributed by atoms with van der Waals surface area (Å²) in [5.41, 5.74) is 1.44. The van der Waals surface area contributed by atoms with Crippen molar-refractivity contribution in [1.82, 2.24) is 10.6 Å². The molecule has 3 rings (SSSR count). The Morgan fingerprint density at radius 2 is 2.14 bits per heavy atom. The Labute approximate surface area is 123 Å². The lowest BCUT2D eigenvalue weighted by molar-refractivity contribution is -0.127. The predicted molar refractivity (Wildman–Crippen MR) is 78.7 cm³/mol. The largest absolute Gasteiger partial charge is 0.488 e. The third kappa shape index (κ3) is 3.07. The first kappa shape index (κ1) is 13.7. The van der Waals surface area contributed by atoms with Crippen LogP contribution in [0.4, 0.5) is 0 Å². The van der Waals surface area contributed by atoms with E-state index in [2.05, 4.69) is 10.6 Å². The maximum Gasteiger partial charge on any atom is 0.251 e. The van der Waals surface area contributed by atoms with Gasteiger partial charge >= 0.3 is 0 Å². The molecule has 1 fully saturated rings. The van der Waals surface area contributed by atoms with E-state index in [1.54, 1.807) is 0 Å². The van der Waals surface area contributed by atoms with Crippen molar-refractivity contribution in [2.45, 2.75) is 25.3 Å². The predicted octanol–water partition coefficient (Wildman–Crippen LogP) is 1.25. The molecule has 0 spiro atoms. The smallest absolute Gasteiger partial charge is 0.251 e. The number of amides is 2. The minimum Gasteiger partial charge on any atom is -0.488 e. The quantitative estimate of drug-likeness (QED) is 0.859. The van der Waals surface area contributed by atoms with E-state index in [0.717, 1.165) is 24.2 Å².